The number of hydrogen-bond acceptors (Lipinski definition) is 6. The maximum absolute atomic E-state index is 15.2. The molecule has 0 spiro atoms. The number of nitrogens with one attached hydrogen (secondary N) is 1. The van der Waals surface area contributed by atoms with Crippen molar-refractivity contribution >= 4 is 16.9 Å². The second-order valence-electron chi connectivity index (χ2n) is 11.5. The van der Waals surface area contributed by atoms with Crippen LogP contribution in [0.1, 0.15) is 51.6 Å². The average molecular weight is 611 g/mol. The molecule has 2 aromatic carbocycles. The average Bonchev–Trinajstić information content (AvgIpc) is 3.44. The Balaban J connectivity index is 1.04. The number of hydrogen-bond donors (Lipinski definition) is 1. The molecule has 1 N–H and O–H groups in total. The van der Waals surface area contributed by atoms with Crippen LogP contribution in [0.3, 0.4) is 0 Å². The van der Waals surface area contributed by atoms with Crippen LogP contribution < -0.4 is 4.74 Å². The van der Waals surface area contributed by atoms with Gasteiger partial charge in [-0.15, -0.1) is 0 Å². The molecule has 0 radical (unpaired) electrons. The van der Waals surface area contributed by atoms with Gasteiger partial charge in [-0.2, -0.15) is 13.2 Å². The van der Waals surface area contributed by atoms with Crippen molar-refractivity contribution in [1.82, 2.24) is 29.7 Å². The van der Waals surface area contributed by atoms with Gasteiger partial charge in [0, 0.05) is 57.6 Å². The molecule has 4 heterocycles. The minimum absolute atomic E-state index is 0.0739. The van der Waals surface area contributed by atoms with Crippen LogP contribution in [-0.2, 0) is 19.3 Å². The fraction of sp³-hybridized carbons (Fsp3) is 0.406. The minimum atomic E-state index is -4.36. The van der Waals surface area contributed by atoms with Crippen LogP contribution in [0.25, 0.3) is 11.0 Å². The van der Waals surface area contributed by atoms with Gasteiger partial charge in [-0.1, -0.05) is 18.2 Å². The van der Waals surface area contributed by atoms with E-state index in [2.05, 4.69) is 24.8 Å². The lowest BCUT2D eigenvalue weighted by atomic mass is 9.88. The number of aromatic nitrogens is 3. The summed E-state index contributed by atoms with van der Waals surface area (Å²) >= 11 is 0. The first kappa shape index (κ1) is 30.0. The van der Waals surface area contributed by atoms with Gasteiger partial charge in [-0.3, -0.25) is 14.6 Å². The van der Waals surface area contributed by atoms with Gasteiger partial charge in [0.05, 0.1) is 23.7 Å². The molecule has 0 unspecified atom stereocenters. The number of pyridine rings is 1. The quantitative estimate of drug-likeness (QED) is 0.280. The molecule has 8 nitrogen and oxygen atoms in total. The van der Waals surface area contributed by atoms with Gasteiger partial charge in [0.25, 0.3) is 5.91 Å². The standard InChI is InChI=1S/C32H34F4N6O2/c1-44-29-7-4-22(18-37-29)20-40-10-8-23(9-11-40)25-16-27-28(17-26(25)33)39-30(38-27)31(43)42-14-12-41(13-15-42)19-21-2-5-24(6-3-21)32(34,35)36/h2-7,16-18,23H,8-15,19-20H2,1H3,(H,38,39). The van der Waals surface area contributed by atoms with Crippen molar-refractivity contribution in [2.24, 2.45) is 0 Å². The lowest BCUT2D eigenvalue weighted by molar-refractivity contribution is -0.137. The van der Waals surface area contributed by atoms with Gasteiger partial charge < -0.3 is 14.6 Å². The highest BCUT2D eigenvalue weighted by molar-refractivity contribution is 5.94. The molecule has 2 fully saturated rings. The molecule has 2 aliphatic rings. The van der Waals surface area contributed by atoms with E-state index in [1.807, 2.05) is 18.3 Å². The number of nitrogens with zero attached hydrogens (tertiary/aromatic N) is 5. The zero-order chi connectivity index (χ0) is 30.8. The van der Waals surface area contributed by atoms with Crippen LogP contribution in [0.4, 0.5) is 17.6 Å². The van der Waals surface area contributed by atoms with Crippen molar-refractivity contribution in [3.8, 4) is 5.88 Å². The van der Waals surface area contributed by atoms with Crippen molar-refractivity contribution < 1.29 is 27.1 Å². The Morgan fingerprint density at radius 2 is 1.59 bits per heavy atom. The zero-order valence-corrected chi connectivity index (χ0v) is 24.4. The highest BCUT2D eigenvalue weighted by Gasteiger charge is 2.30. The summed E-state index contributed by atoms with van der Waals surface area (Å²) in [5.74, 6) is 0.274. The molecule has 0 atom stereocenters. The summed E-state index contributed by atoms with van der Waals surface area (Å²) in [5.41, 5.74) is 2.92. The minimum Gasteiger partial charge on any atom is -0.481 e. The summed E-state index contributed by atoms with van der Waals surface area (Å²) in [6.45, 7) is 5.05. The molecule has 2 saturated heterocycles. The van der Waals surface area contributed by atoms with E-state index in [0.29, 0.717) is 55.2 Å². The van der Waals surface area contributed by atoms with Crippen molar-refractivity contribution in [3.63, 3.8) is 0 Å². The molecule has 0 bridgehead atoms. The number of methoxy groups -OCH3 is 1. The Bertz CT molecular complexity index is 1590. The summed E-state index contributed by atoms with van der Waals surface area (Å²) in [7, 11) is 1.59. The molecule has 6 rings (SSSR count). The number of benzene rings is 2. The number of amides is 1. The normalized spacial score (nSPS) is 17.3. The number of fused-ring (bicyclic) bond motifs is 1. The molecule has 2 aromatic heterocycles. The third-order valence-corrected chi connectivity index (χ3v) is 8.59. The van der Waals surface area contributed by atoms with Gasteiger partial charge in [-0.05, 0) is 66.7 Å². The first-order valence-electron chi connectivity index (χ1n) is 14.7. The molecule has 2 aliphatic heterocycles. The Morgan fingerprint density at radius 1 is 0.932 bits per heavy atom. The smallest absolute Gasteiger partial charge is 0.416 e. The number of aromatic amines is 1. The van der Waals surface area contributed by atoms with Crippen LogP contribution in [0.5, 0.6) is 5.88 Å². The summed E-state index contributed by atoms with van der Waals surface area (Å²) in [6, 6.07) is 12.2. The molecule has 44 heavy (non-hydrogen) atoms. The molecule has 0 saturated carbocycles. The number of piperazine rings is 1. The maximum atomic E-state index is 15.2. The number of imidazole rings is 1. The van der Waals surface area contributed by atoms with Crippen LogP contribution >= 0.6 is 0 Å². The molecular weight excluding hydrogens is 576 g/mol. The number of halogens is 4. The molecular formula is C32H34F4N6O2. The van der Waals surface area contributed by atoms with Crippen LogP contribution in [0, 0.1) is 5.82 Å². The van der Waals surface area contributed by atoms with Crippen molar-refractivity contribution in [1.29, 1.82) is 0 Å². The summed E-state index contributed by atoms with van der Waals surface area (Å²) < 4.78 is 58.9. The second-order valence-corrected chi connectivity index (χ2v) is 11.5. The number of carbonyl (C=O) groups is 1. The predicted molar refractivity (Wildman–Crippen MR) is 157 cm³/mol. The number of ether oxygens (including phenoxy) is 1. The number of piperidine rings is 1. The number of likely N-dealkylation sites (tertiary alicyclic amines) is 1. The van der Waals surface area contributed by atoms with Crippen LogP contribution in [0.15, 0.2) is 54.7 Å². The van der Waals surface area contributed by atoms with Crippen LogP contribution in [0.2, 0.25) is 0 Å². The predicted octanol–water partition coefficient (Wildman–Crippen LogP) is 5.46. The number of carbonyl (C=O) groups excluding carboxylic acids is 1. The van der Waals surface area contributed by atoms with Crippen LogP contribution in [-0.4, -0.2) is 81.9 Å². The molecule has 4 aromatic rings. The maximum Gasteiger partial charge on any atom is 0.416 e. The fourth-order valence-corrected chi connectivity index (χ4v) is 6.06. The van der Waals surface area contributed by atoms with E-state index in [0.717, 1.165) is 55.7 Å². The topological polar surface area (TPSA) is 77.6 Å². The van der Waals surface area contributed by atoms with Crippen molar-refractivity contribution in [2.45, 2.75) is 38.0 Å². The van der Waals surface area contributed by atoms with E-state index in [1.54, 1.807) is 18.1 Å². The number of H-pyrrole nitrogens is 1. The first-order chi connectivity index (χ1) is 21.2. The lowest BCUT2D eigenvalue weighted by Gasteiger charge is -2.34. The van der Waals surface area contributed by atoms with E-state index in [4.69, 9.17) is 4.74 Å². The monoisotopic (exact) mass is 610 g/mol. The van der Waals surface area contributed by atoms with Gasteiger partial charge in [-0.25, -0.2) is 14.4 Å². The second kappa shape index (κ2) is 12.5. The van der Waals surface area contributed by atoms with Gasteiger partial charge >= 0.3 is 6.18 Å². The highest BCUT2D eigenvalue weighted by atomic mass is 19.4. The largest absolute Gasteiger partial charge is 0.481 e. The zero-order valence-electron chi connectivity index (χ0n) is 24.4. The van der Waals surface area contributed by atoms with E-state index < -0.39 is 11.7 Å². The lowest BCUT2D eigenvalue weighted by Crippen LogP contribution is -2.48. The van der Waals surface area contributed by atoms with Gasteiger partial charge in [0.15, 0.2) is 5.82 Å². The Kier molecular flexibility index (Phi) is 8.55. The van der Waals surface area contributed by atoms with E-state index in [1.165, 1.54) is 18.2 Å². The number of rotatable bonds is 7. The van der Waals surface area contributed by atoms with Crippen molar-refractivity contribution in [3.05, 3.63) is 88.6 Å². The highest BCUT2D eigenvalue weighted by Crippen LogP contribution is 2.33. The first-order valence-corrected chi connectivity index (χ1v) is 14.7. The van der Waals surface area contributed by atoms with Crippen molar-refractivity contribution in [2.75, 3.05) is 46.4 Å². The van der Waals surface area contributed by atoms with E-state index in [-0.39, 0.29) is 23.5 Å². The fourth-order valence-electron chi connectivity index (χ4n) is 6.06. The summed E-state index contributed by atoms with van der Waals surface area (Å²) in [5, 5.41) is 0. The molecule has 1 amide bonds. The summed E-state index contributed by atoms with van der Waals surface area (Å²) in [4.78, 5) is 31.2. The third-order valence-electron chi connectivity index (χ3n) is 8.59. The SMILES string of the molecule is COc1ccc(CN2CCC(c3cc4[nH]c(C(=O)N5CCN(Cc6ccc(C(F)(F)F)cc6)CC5)nc4cc3F)CC2)cn1. The molecule has 0 aliphatic carbocycles. The number of alkyl halides is 3. The molecule has 12 heteroatoms. The van der Waals surface area contributed by atoms with Gasteiger partial charge in [0.1, 0.15) is 5.82 Å². The Labute approximate surface area is 252 Å². The Morgan fingerprint density at radius 3 is 2.23 bits per heavy atom. The van der Waals surface area contributed by atoms with Gasteiger partial charge in [0.2, 0.25) is 5.88 Å². The molecule has 232 valence electrons. The Hall–Kier alpha value is -4.03. The van der Waals surface area contributed by atoms with E-state index >= 15 is 4.39 Å². The summed E-state index contributed by atoms with van der Waals surface area (Å²) in [6.07, 6.45) is -0.895. The third kappa shape index (κ3) is 6.71. The van der Waals surface area contributed by atoms with E-state index in [9.17, 15) is 18.0 Å².